The first-order chi connectivity index (χ1) is 12.6. The van der Waals surface area contributed by atoms with E-state index < -0.39 is 0 Å². The van der Waals surface area contributed by atoms with Crippen LogP contribution in [0.3, 0.4) is 0 Å². The Balaban J connectivity index is 1.38. The molecule has 1 N–H and O–H groups in total. The van der Waals surface area contributed by atoms with Crippen LogP contribution >= 0.6 is 11.8 Å². The molecule has 0 radical (unpaired) electrons. The lowest BCUT2D eigenvalue weighted by molar-refractivity contribution is -0.118. The third kappa shape index (κ3) is 4.76. The minimum atomic E-state index is 0.0391. The van der Waals surface area contributed by atoms with Crippen molar-refractivity contribution in [1.82, 2.24) is 20.3 Å². The van der Waals surface area contributed by atoms with E-state index in [-0.39, 0.29) is 5.91 Å². The van der Waals surface area contributed by atoms with Crippen molar-refractivity contribution in [2.75, 3.05) is 12.3 Å². The van der Waals surface area contributed by atoms with Crippen molar-refractivity contribution in [3.05, 3.63) is 65.3 Å². The second-order valence-electron chi connectivity index (χ2n) is 6.02. The highest BCUT2D eigenvalue weighted by molar-refractivity contribution is 7.99. The molecule has 1 aromatic carbocycles. The van der Waals surface area contributed by atoms with E-state index >= 15 is 0 Å². The smallest absolute Gasteiger partial charge is 0.230 e. The predicted octanol–water partition coefficient (Wildman–Crippen LogP) is 3.07. The molecule has 1 amide bonds. The molecule has 0 unspecified atom stereocenters. The fourth-order valence-corrected chi connectivity index (χ4v) is 3.57. The number of hydrogen-bond acceptors (Lipinski definition) is 5. The molecule has 0 bridgehead atoms. The summed E-state index contributed by atoms with van der Waals surface area (Å²) in [7, 11) is 0. The highest BCUT2D eigenvalue weighted by Crippen LogP contribution is 2.19. The van der Waals surface area contributed by atoms with Crippen molar-refractivity contribution < 1.29 is 9.32 Å². The Morgan fingerprint density at radius 1 is 1.27 bits per heavy atom. The number of para-hydroxylation sites is 1. The Morgan fingerprint density at radius 3 is 2.81 bits per heavy atom. The van der Waals surface area contributed by atoms with Crippen LogP contribution < -0.4 is 5.32 Å². The zero-order valence-corrected chi connectivity index (χ0v) is 15.8. The number of hydrogen-bond donors (Lipinski definition) is 1. The van der Waals surface area contributed by atoms with E-state index in [4.69, 9.17) is 4.52 Å². The molecule has 0 aliphatic rings. The van der Waals surface area contributed by atoms with Gasteiger partial charge in [0.1, 0.15) is 5.76 Å². The Bertz CT molecular complexity index is 838. The van der Waals surface area contributed by atoms with Gasteiger partial charge >= 0.3 is 0 Å². The van der Waals surface area contributed by atoms with E-state index in [1.54, 1.807) is 11.8 Å². The number of carbonyl (C=O) groups excluding carboxylic acids is 1. The van der Waals surface area contributed by atoms with Crippen molar-refractivity contribution in [2.45, 2.75) is 26.0 Å². The molecule has 3 aromatic rings. The second kappa shape index (κ2) is 8.71. The lowest BCUT2D eigenvalue weighted by atomic mass is 10.2. The molecule has 7 heteroatoms. The molecule has 3 rings (SSSR count). The van der Waals surface area contributed by atoms with Crippen LogP contribution in [0.25, 0.3) is 5.69 Å². The van der Waals surface area contributed by atoms with Crippen LogP contribution in [0.15, 0.2) is 47.2 Å². The topological polar surface area (TPSA) is 73.0 Å². The van der Waals surface area contributed by atoms with Crippen LogP contribution in [0.4, 0.5) is 0 Å². The van der Waals surface area contributed by atoms with Gasteiger partial charge in [-0.1, -0.05) is 23.4 Å². The zero-order chi connectivity index (χ0) is 18.4. The Morgan fingerprint density at radius 2 is 2.08 bits per heavy atom. The predicted molar refractivity (Wildman–Crippen MR) is 102 cm³/mol. The van der Waals surface area contributed by atoms with Crippen molar-refractivity contribution in [3.63, 3.8) is 0 Å². The maximum absolute atomic E-state index is 12.0. The second-order valence-corrected chi connectivity index (χ2v) is 7.01. The summed E-state index contributed by atoms with van der Waals surface area (Å²) in [6.07, 6.45) is 4.59. The molecule has 6 nitrogen and oxygen atoms in total. The molecule has 2 heterocycles. The first-order valence-electron chi connectivity index (χ1n) is 8.48. The van der Waals surface area contributed by atoms with Crippen LogP contribution in [0.5, 0.6) is 0 Å². The van der Waals surface area contributed by atoms with E-state index in [1.165, 1.54) is 0 Å². The third-order valence-corrected chi connectivity index (χ3v) is 5.01. The van der Waals surface area contributed by atoms with Crippen molar-refractivity contribution in [3.8, 4) is 5.69 Å². The summed E-state index contributed by atoms with van der Waals surface area (Å²) < 4.78 is 6.97. The molecule has 0 aliphatic carbocycles. The summed E-state index contributed by atoms with van der Waals surface area (Å²) in [5, 5.41) is 11.2. The van der Waals surface area contributed by atoms with Gasteiger partial charge in [0, 0.05) is 24.1 Å². The maximum atomic E-state index is 12.0. The van der Waals surface area contributed by atoms with Gasteiger partial charge in [0.05, 0.1) is 23.3 Å². The maximum Gasteiger partial charge on any atom is 0.230 e. The first-order valence-corrected chi connectivity index (χ1v) is 9.64. The average molecular weight is 370 g/mol. The number of nitrogens with one attached hydrogen (secondary N) is 1. The van der Waals surface area contributed by atoms with Gasteiger partial charge in [0.2, 0.25) is 5.91 Å². The molecule has 2 aromatic heterocycles. The first kappa shape index (κ1) is 18.3. The molecular formula is C19H22N4O2S. The molecule has 0 atom stereocenters. The van der Waals surface area contributed by atoms with Crippen LogP contribution in [-0.2, 0) is 17.0 Å². The highest BCUT2D eigenvalue weighted by Gasteiger charge is 2.10. The molecule has 0 saturated heterocycles. The van der Waals surface area contributed by atoms with Gasteiger partial charge in [-0.15, -0.1) is 11.8 Å². The summed E-state index contributed by atoms with van der Waals surface area (Å²) >= 11 is 1.57. The summed E-state index contributed by atoms with van der Waals surface area (Å²) in [6.45, 7) is 4.42. The van der Waals surface area contributed by atoms with Gasteiger partial charge in [0.15, 0.2) is 0 Å². The number of amides is 1. The van der Waals surface area contributed by atoms with Gasteiger partial charge in [-0.2, -0.15) is 5.10 Å². The number of benzene rings is 1. The van der Waals surface area contributed by atoms with Gasteiger partial charge in [-0.05, 0) is 38.0 Å². The SMILES string of the molecule is Cc1noc(C)c1CSCC(=O)NCCc1cnn(-c2ccccc2)c1. The van der Waals surface area contributed by atoms with Crippen LogP contribution in [0.2, 0.25) is 0 Å². The quantitative estimate of drug-likeness (QED) is 0.660. The fourth-order valence-electron chi connectivity index (χ4n) is 2.56. The van der Waals surface area contributed by atoms with Gasteiger partial charge < -0.3 is 9.84 Å². The summed E-state index contributed by atoms with van der Waals surface area (Å²) in [4.78, 5) is 12.0. The van der Waals surface area contributed by atoms with Crippen LogP contribution in [0.1, 0.15) is 22.6 Å². The molecule has 0 aliphatic heterocycles. The Kier molecular flexibility index (Phi) is 6.12. The average Bonchev–Trinajstić information content (AvgIpc) is 3.24. The van der Waals surface area contributed by atoms with E-state index in [2.05, 4.69) is 15.6 Å². The molecule has 0 fully saturated rings. The Hall–Kier alpha value is -2.54. The number of nitrogens with zero attached hydrogens (tertiary/aromatic N) is 3. The van der Waals surface area contributed by atoms with Gasteiger partial charge in [-0.25, -0.2) is 4.68 Å². The van der Waals surface area contributed by atoms with Gasteiger partial charge in [0.25, 0.3) is 0 Å². The fraction of sp³-hybridized carbons (Fsp3) is 0.316. The van der Waals surface area contributed by atoms with E-state index in [1.807, 2.05) is 61.3 Å². The molecule has 136 valence electrons. The lowest BCUT2D eigenvalue weighted by Crippen LogP contribution is -2.27. The highest BCUT2D eigenvalue weighted by atomic mass is 32.2. The summed E-state index contributed by atoms with van der Waals surface area (Å²) in [5.41, 5.74) is 4.10. The van der Waals surface area contributed by atoms with Crippen molar-refractivity contribution in [2.24, 2.45) is 0 Å². The van der Waals surface area contributed by atoms with Crippen molar-refractivity contribution in [1.29, 1.82) is 0 Å². The lowest BCUT2D eigenvalue weighted by Gasteiger charge is -2.04. The van der Waals surface area contributed by atoms with Crippen molar-refractivity contribution >= 4 is 17.7 Å². The normalized spacial score (nSPS) is 10.8. The third-order valence-electron chi connectivity index (χ3n) is 4.05. The Labute approximate surface area is 157 Å². The van der Waals surface area contributed by atoms with Crippen LogP contribution in [-0.4, -0.2) is 33.1 Å². The monoisotopic (exact) mass is 370 g/mol. The molecule has 0 spiro atoms. The number of aromatic nitrogens is 3. The van der Waals surface area contributed by atoms with E-state index in [9.17, 15) is 4.79 Å². The number of aryl methyl sites for hydroxylation is 2. The van der Waals surface area contributed by atoms with E-state index in [0.29, 0.717) is 12.3 Å². The molecule has 26 heavy (non-hydrogen) atoms. The molecular weight excluding hydrogens is 348 g/mol. The standard InChI is InChI=1S/C19H22N4O2S/c1-14-18(15(2)25-22-14)12-26-13-19(24)20-9-8-16-10-21-23(11-16)17-6-4-3-5-7-17/h3-7,10-11H,8-9,12-13H2,1-2H3,(H,20,24). The molecule has 0 saturated carbocycles. The van der Waals surface area contributed by atoms with E-state index in [0.717, 1.165) is 40.4 Å². The van der Waals surface area contributed by atoms with Gasteiger partial charge in [-0.3, -0.25) is 4.79 Å². The minimum Gasteiger partial charge on any atom is -0.361 e. The largest absolute Gasteiger partial charge is 0.361 e. The number of carbonyl (C=O) groups is 1. The van der Waals surface area contributed by atoms with Crippen LogP contribution in [0, 0.1) is 13.8 Å². The minimum absolute atomic E-state index is 0.0391. The number of thioether (sulfide) groups is 1. The summed E-state index contributed by atoms with van der Waals surface area (Å²) in [6, 6.07) is 9.96. The summed E-state index contributed by atoms with van der Waals surface area (Å²) in [5.74, 6) is 2.02. The zero-order valence-electron chi connectivity index (χ0n) is 14.9. The number of rotatable bonds is 8.